The van der Waals surface area contributed by atoms with Gasteiger partial charge in [-0.2, -0.15) is 13.2 Å². The number of halogens is 3. The molecule has 1 amide bonds. The molecular formula is C20H18F3N3O2S2. The van der Waals surface area contributed by atoms with Gasteiger partial charge in [0, 0.05) is 4.88 Å². The van der Waals surface area contributed by atoms with E-state index in [1.165, 1.54) is 36.5 Å². The second-order valence-electron chi connectivity index (χ2n) is 7.10. The molecule has 1 aliphatic rings. The van der Waals surface area contributed by atoms with E-state index in [1.54, 1.807) is 0 Å². The van der Waals surface area contributed by atoms with Gasteiger partial charge in [0.2, 0.25) is 5.91 Å². The van der Waals surface area contributed by atoms with Crippen molar-refractivity contribution < 1.29 is 18.0 Å². The van der Waals surface area contributed by atoms with Crippen LogP contribution in [0.5, 0.6) is 0 Å². The van der Waals surface area contributed by atoms with Gasteiger partial charge in [-0.3, -0.25) is 14.2 Å². The Hall–Kier alpha value is -2.33. The number of rotatable bonds is 4. The number of hydrogen-bond donors (Lipinski definition) is 1. The van der Waals surface area contributed by atoms with Crippen LogP contribution in [-0.4, -0.2) is 20.7 Å². The van der Waals surface area contributed by atoms with E-state index >= 15 is 0 Å². The van der Waals surface area contributed by atoms with Crippen LogP contribution in [0.25, 0.3) is 15.9 Å². The summed E-state index contributed by atoms with van der Waals surface area (Å²) < 4.78 is 42.1. The van der Waals surface area contributed by atoms with Crippen molar-refractivity contribution in [3.63, 3.8) is 0 Å². The summed E-state index contributed by atoms with van der Waals surface area (Å²) in [6, 6.07) is 4.89. The Bertz CT molecular complexity index is 1200. The van der Waals surface area contributed by atoms with Gasteiger partial charge in [-0.25, -0.2) is 4.98 Å². The Labute approximate surface area is 178 Å². The SMILES string of the molecule is CC(Sc1nc2sc3c(c2c(=O)n1-c1ccccc1C(F)(F)F)CCCC3)C(N)=O. The lowest BCUT2D eigenvalue weighted by Gasteiger charge is -2.18. The van der Waals surface area contributed by atoms with Crippen LogP contribution in [0.1, 0.15) is 35.8 Å². The van der Waals surface area contributed by atoms with Gasteiger partial charge in [0.05, 0.1) is 21.9 Å². The van der Waals surface area contributed by atoms with Crippen molar-refractivity contribution in [1.29, 1.82) is 0 Å². The largest absolute Gasteiger partial charge is 0.418 e. The van der Waals surface area contributed by atoms with E-state index < -0.39 is 28.5 Å². The molecular weight excluding hydrogens is 435 g/mol. The minimum Gasteiger partial charge on any atom is -0.369 e. The number of benzene rings is 1. The molecule has 2 N–H and O–H groups in total. The van der Waals surface area contributed by atoms with Gasteiger partial charge in [0.1, 0.15) is 4.83 Å². The smallest absolute Gasteiger partial charge is 0.369 e. The molecule has 1 aliphatic carbocycles. The van der Waals surface area contributed by atoms with Gasteiger partial charge in [0.15, 0.2) is 5.16 Å². The molecule has 0 spiro atoms. The highest BCUT2D eigenvalue weighted by atomic mass is 32.2. The lowest BCUT2D eigenvalue weighted by molar-refractivity contribution is -0.137. The van der Waals surface area contributed by atoms with E-state index in [1.807, 2.05) is 0 Å². The highest BCUT2D eigenvalue weighted by molar-refractivity contribution is 8.00. The summed E-state index contributed by atoms with van der Waals surface area (Å²) >= 11 is 2.29. The molecule has 10 heteroatoms. The summed E-state index contributed by atoms with van der Waals surface area (Å²) in [5, 5.41) is -0.370. The Balaban J connectivity index is 2.05. The molecule has 0 aliphatic heterocycles. The number of alkyl halides is 3. The highest BCUT2D eigenvalue weighted by Crippen LogP contribution is 2.38. The van der Waals surface area contributed by atoms with Crippen molar-refractivity contribution in [2.75, 3.05) is 0 Å². The first-order valence-corrected chi connectivity index (χ1v) is 11.1. The third-order valence-corrected chi connectivity index (χ3v) is 7.35. The second-order valence-corrected chi connectivity index (χ2v) is 9.49. The molecule has 4 rings (SSSR count). The normalized spacial score (nSPS) is 15.2. The minimum atomic E-state index is -4.66. The lowest BCUT2D eigenvalue weighted by atomic mass is 9.97. The number of primary amides is 1. The molecule has 0 radical (unpaired) electrons. The maximum atomic E-state index is 13.7. The first-order chi connectivity index (χ1) is 14.2. The Morgan fingerprint density at radius 3 is 2.67 bits per heavy atom. The number of thioether (sulfide) groups is 1. The number of aryl methyl sites for hydroxylation is 2. The number of aromatic nitrogens is 2. The monoisotopic (exact) mass is 453 g/mol. The van der Waals surface area contributed by atoms with E-state index in [4.69, 9.17) is 5.73 Å². The molecule has 1 unspecified atom stereocenters. The summed E-state index contributed by atoms with van der Waals surface area (Å²) in [6.45, 7) is 1.53. The third-order valence-electron chi connectivity index (χ3n) is 5.09. The fourth-order valence-electron chi connectivity index (χ4n) is 3.60. The molecule has 1 aromatic carbocycles. The van der Waals surface area contributed by atoms with Gasteiger partial charge in [-0.15, -0.1) is 11.3 Å². The Morgan fingerprint density at radius 1 is 1.27 bits per heavy atom. The van der Waals surface area contributed by atoms with Crippen molar-refractivity contribution in [2.24, 2.45) is 5.73 Å². The molecule has 0 saturated heterocycles. The van der Waals surface area contributed by atoms with Crippen molar-refractivity contribution in [3.8, 4) is 5.69 Å². The molecule has 2 heterocycles. The van der Waals surface area contributed by atoms with Crippen LogP contribution in [-0.2, 0) is 23.8 Å². The van der Waals surface area contributed by atoms with E-state index in [-0.39, 0.29) is 10.8 Å². The van der Waals surface area contributed by atoms with Gasteiger partial charge in [-0.05, 0) is 50.3 Å². The number of fused-ring (bicyclic) bond motifs is 3. The van der Waals surface area contributed by atoms with Crippen LogP contribution >= 0.6 is 23.1 Å². The highest BCUT2D eigenvalue weighted by Gasteiger charge is 2.35. The van der Waals surface area contributed by atoms with Crippen LogP contribution in [0.2, 0.25) is 0 Å². The van der Waals surface area contributed by atoms with Crippen molar-refractivity contribution in [3.05, 3.63) is 50.6 Å². The number of carbonyl (C=O) groups is 1. The zero-order chi connectivity index (χ0) is 21.6. The topological polar surface area (TPSA) is 78.0 Å². The van der Waals surface area contributed by atoms with Crippen LogP contribution in [0.3, 0.4) is 0 Å². The first-order valence-electron chi connectivity index (χ1n) is 9.38. The fourth-order valence-corrected chi connectivity index (χ4v) is 5.77. The fraction of sp³-hybridized carbons (Fsp3) is 0.350. The number of amides is 1. The molecule has 0 saturated carbocycles. The molecule has 30 heavy (non-hydrogen) atoms. The van der Waals surface area contributed by atoms with E-state index in [0.717, 1.165) is 52.1 Å². The molecule has 1 atom stereocenters. The molecule has 0 bridgehead atoms. The second kappa shape index (κ2) is 7.73. The Kier molecular flexibility index (Phi) is 5.39. The third kappa shape index (κ3) is 3.62. The van der Waals surface area contributed by atoms with Gasteiger partial charge in [-0.1, -0.05) is 23.9 Å². The molecule has 0 fully saturated rings. The lowest BCUT2D eigenvalue weighted by Crippen LogP contribution is -2.27. The Morgan fingerprint density at radius 2 is 1.97 bits per heavy atom. The number of carbonyl (C=O) groups excluding carboxylic acids is 1. The van der Waals surface area contributed by atoms with Crippen LogP contribution < -0.4 is 11.3 Å². The van der Waals surface area contributed by atoms with Gasteiger partial charge >= 0.3 is 6.18 Å². The number of nitrogens with two attached hydrogens (primary N) is 1. The maximum Gasteiger partial charge on any atom is 0.418 e. The van der Waals surface area contributed by atoms with Crippen molar-refractivity contribution in [2.45, 2.75) is 49.2 Å². The zero-order valence-electron chi connectivity index (χ0n) is 16.0. The molecule has 158 valence electrons. The maximum absolute atomic E-state index is 13.7. The zero-order valence-corrected chi connectivity index (χ0v) is 17.6. The first kappa shape index (κ1) is 20.9. The van der Waals surface area contributed by atoms with E-state index in [0.29, 0.717) is 16.6 Å². The van der Waals surface area contributed by atoms with Crippen LogP contribution in [0, 0.1) is 0 Å². The van der Waals surface area contributed by atoms with Crippen molar-refractivity contribution >= 4 is 39.2 Å². The van der Waals surface area contributed by atoms with Gasteiger partial charge < -0.3 is 5.73 Å². The van der Waals surface area contributed by atoms with Gasteiger partial charge in [0.25, 0.3) is 5.56 Å². The van der Waals surface area contributed by atoms with E-state index in [9.17, 15) is 22.8 Å². The number of para-hydroxylation sites is 1. The number of thiophene rings is 1. The summed E-state index contributed by atoms with van der Waals surface area (Å²) in [5.74, 6) is -0.643. The van der Waals surface area contributed by atoms with Crippen LogP contribution in [0.4, 0.5) is 13.2 Å². The summed E-state index contributed by atoms with van der Waals surface area (Å²) in [6.07, 6.45) is -1.19. The summed E-state index contributed by atoms with van der Waals surface area (Å²) in [7, 11) is 0. The summed E-state index contributed by atoms with van der Waals surface area (Å²) in [5.41, 5.74) is 4.44. The predicted molar refractivity (Wildman–Crippen MR) is 111 cm³/mol. The standard InChI is InChI=1S/C20H18F3N3O2S2/c1-10(16(24)27)29-19-25-17-15(11-6-2-5-9-14(11)30-17)18(28)26(19)13-8-4-3-7-12(13)20(21,22)23/h3-4,7-8,10H,2,5-6,9H2,1H3,(H2,24,27). The number of nitrogens with zero attached hydrogens (tertiary/aromatic N) is 2. The van der Waals surface area contributed by atoms with Crippen molar-refractivity contribution in [1.82, 2.24) is 9.55 Å². The summed E-state index contributed by atoms with van der Waals surface area (Å²) in [4.78, 5) is 31.2. The molecule has 2 aromatic heterocycles. The van der Waals surface area contributed by atoms with Crippen LogP contribution in [0.15, 0.2) is 34.2 Å². The average Bonchev–Trinajstić information content (AvgIpc) is 3.06. The van der Waals surface area contributed by atoms with E-state index in [2.05, 4.69) is 4.98 Å². The predicted octanol–water partition coefficient (Wildman–Crippen LogP) is 4.31. The minimum absolute atomic E-state index is 0.0223. The quantitative estimate of drug-likeness (QED) is 0.472. The number of hydrogen-bond acceptors (Lipinski definition) is 5. The molecule has 3 aromatic rings. The molecule has 5 nitrogen and oxygen atoms in total. The average molecular weight is 454 g/mol.